The lowest BCUT2D eigenvalue weighted by atomic mass is 10.1. The standard InChI is InChI=1S/C14H18N4O2.ClH/c15-11-3-1-10(2-4-11)7-13(19)17-5-6-18-12(9-17)8-16-14(18)20;/h1-4,12H,5-9,15H2,(H,16,20);1H. The number of nitrogens with zero attached hydrogens (tertiary/aromatic N) is 2. The van der Waals surface area contributed by atoms with Crippen LogP contribution in [0.5, 0.6) is 0 Å². The van der Waals surface area contributed by atoms with E-state index in [9.17, 15) is 9.59 Å². The van der Waals surface area contributed by atoms with Gasteiger partial charge in [-0.3, -0.25) is 4.79 Å². The smallest absolute Gasteiger partial charge is 0.317 e. The maximum absolute atomic E-state index is 12.3. The van der Waals surface area contributed by atoms with Crippen molar-refractivity contribution < 1.29 is 9.59 Å². The minimum Gasteiger partial charge on any atom is -0.399 e. The van der Waals surface area contributed by atoms with Gasteiger partial charge >= 0.3 is 6.03 Å². The number of anilines is 1. The number of rotatable bonds is 2. The van der Waals surface area contributed by atoms with Gasteiger partial charge in [-0.1, -0.05) is 12.1 Å². The van der Waals surface area contributed by atoms with Gasteiger partial charge in [-0.05, 0) is 17.7 Å². The average Bonchev–Trinajstić information content (AvgIpc) is 2.82. The molecular formula is C14H19ClN4O2. The molecule has 0 radical (unpaired) electrons. The van der Waals surface area contributed by atoms with Crippen LogP contribution < -0.4 is 11.1 Å². The third-order valence-electron chi connectivity index (χ3n) is 3.92. The lowest BCUT2D eigenvalue weighted by Crippen LogP contribution is -2.54. The largest absolute Gasteiger partial charge is 0.399 e. The molecule has 2 fully saturated rings. The number of hydrogen-bond acceptors (Lipinski definition) is 3. The summed E-state index contributed by atoms with van der Waals surface area (Å²) in [4.78, 5) is 27.5. The SMILES string of the molecule is Cl.Nc1ccc(CC(=O)N2CCN3C(=O)NCC3C2)cc1. The number of fused-ring (bicyclic) bond motifs is 1. The molecule has 2 aliphatic rings. The van der Waals surface area contributed by atoms with Crippen molar-refractivity contribution in [3.63, 3.8) is 0 Å². The molecule has 1 unspecified atom stereocenters. The zero-order valence-electron chi connectivity index (χ0n) is 11.6. The van der Waals surface area contributed by atoms with Crippen molar-refractivity contribution in [3.8, 4) is 0 Å². The Bertz CT molecular complexity index is 534. The molecule has 3 rings (SSSR count). The molecule has 2 heterocycles. The zero-order valence-corrected chi connectivity index (χ0v) is 12.4. The van der Waals surface area contributed by atoms with Gasteiger partial charge in [-0.15, -0.1) is 12.4 Å². The molecule has 2 aliphatic heterocycles. The van der Waals surface area contributed by atoms with Crippen molar-refractivity contribution in [2.45, 2.75) is 12.5 Å². The van der Waals surface area contributed by atoms with Crippen LogP contribution in [0.25, 0.3) is 0 Å². The average molecular weight is 311 g/mol. The molecule has 1 aromatic rings. The summed E-state index contributed by atoms with van der Waals surface area (Å²) in [7, 11) is 0. The fourth-order valence-corrected chi connectivity index (χ4v) is 2.75. The Morgan fingerprint density at radius 2 is 2.00 bits per heavy atom. The summed E-state index contributed by atoms with van der Waals surface area (Å²) in [5, 5.41) is 2.81. The van der Waals surface area contributed by atoms with Crippen LogP contribution in [0.15, 0.2) is 24.3 Å². The second kappa shape index (κ2) is 6.22. The van der Waals surface area contributed by atoms with Gasteiger partial charge in [0.15, 0.2) is 0 Å². The van der Waals surface area contributed by atoms with Gasteiger partial charge in [-0.2, -0.15) is 0 Å². The van der Waals surface area contributed by atoms with Crippen molar-refractivity contribution in [1.29, 1.82) is 0 Å². The van der Waals surface area contributed by atoms with Gasteiger partial charge in [0, 0.05) is 31.9 Å². The Hall–Kier alpha value is -1.95. The summed E-state index contributed by atoms with van der Waals surface area (Å²) in [5.74, 6) is 0.105. The number of nitrogen functional groups attached to an aromatic ring is 1. The molecular weight excluding hydrogens is 292 g/mol. The highest BCUT2D eigenvalue weighted by molar-refractivity contribution is 5.85. The zero-order chi connectivity index (χ0) is 14.1. The van der Waals surface area contributed by atoms with Crippen molar-refractivity contribution in [3.05, 3.63) is 29.8 Å². The molecule has 3 N–H and O–H groups in total. The van der Waals surface area contributed by atoms with Crippen LogP contribution in [0.2, 0.25) is 0 Å². The van der Waals surface area contributed by atoms with Gasteiger partial charge < -0.3 is 20.9 Å². The van der Waals surface area contributed by atoms with Gasteiger partial charge in [-0.25, -0.2) is 4.79 Å². The number of hydrogen-bond donors (Lipinski definition) is 2. The molecule has 7 heteroatoms. The fourth-order valence-electron chi connectivity index (χ4n) is 2.75. The molecule has 6 nitrogen and oxygen atoms in total. The number of urea groups is 1. The highest BCUT2D eigenvalue weighted by Gasteiger charge is 2.36. The fraction of sp³-hybridized carbons (Fsp3) is 0.429. The van der Waals surface area contributed by atoms with Crippen LogP contribution in [0.1, 0.15) is 5.56 Å². The van der Waals surface area contributed by atoms with Crippen LogP contribution in [-0.2, 0) is 11.2 Å². The minimum atomic E-state index is -0.0133. The number of nitrogens with two attached hydrogens (primary N) is 1. The molecule has 0 aromatic heterocycles. The highest BCUT2D eigenvalue weighted by atomic mass is 35.5. The summed E-state index contributed by atoms with van der Waals surface area (Å²) >= 11 is 0. The number of piperazine rings is 1. The topological polar surface area (TPSA) is 78.7 Å². The Balaban J connectivity index is 0.00000161. The van der Waals surface area contributed by atoms with Gasteiger partial charge in [0.05, 0.1) is 12.5 Å². The third-order valence-corrected chi connectivity index (χ3v) is 3.92. The first kappa shape index (κ1) is 15.4. The van der Waals surface area contributed by atoms with Gasteiger partial charge in [0.1, 0.15) is 0 Å². The first-order valence-corrected chi connectivity index (χ1v) is 6.80. The summed E-state index contributed by atoms with van der Waals surface area (Å²) in [5.41, 5.74) is 7.30. The molecule has 1 atom stereocenters. The molecule has 2 saturated heterocycles. The monoisotopic (exact) mass is 310 g/mol. The van der Waals surface area contributed by atoms with E-state index in [0.29, 0.717) is 38.3 Å². The van der Waals surface area contributed by atoms with Crippen molar-refractivity contribution in [1.82, 2.24) is 15.1 Å². The van der Waals surface area contributed by atoms with Crippen LogP contribution in [0, 0.1) is 0 Å². The van der Waals surface area contributed by atoms with Crippen LogP contribution >= 0.6 is 12.4 Å². The van der Waals surface area contributed by atoms with E-state index in [1.54, 1.807) is 12.1 Å². The first-order valence-electron chi connectivity index (χ1n) is 6.80. The van der Waals surface area contributed by atoms with Crippen LogP contribution in [0.3, 0.4) is 0 Å². The molecule has 0 spiro atoms. The second-order valence-electron chi connectivity index (χ2n) is 5.29. The molecule has 0 saturated carbocycles. The number of carbonyl (C=O) groups is 2. The summed E-state index contributed by atoms with van der Waals surface area (Å²) < 4.78 is 0. The summed E-state index contributed by atoms with van der Waals surface area (Å²) in [6.45, 7) is 2.47. The number of halogens is 1. The van der Waals surface area contributed by atoms with E-state index in [1.165, 1.54) is 0 Å². The van der Waals surface area contributed by atoms with E-state index in [-0.39, 0.29) is 30.4 Å². The predicted molar refractivity (Wildman–Crippen MR) is 82.3 cm³/mol. The number of benzene rings is 1. The minimum absolute atomic E-state index is 0. The Kier molecular flexibility index (Phi) is 4.57. The Labute approximate surface area is 129 Å². The molecule has 1 aromatic carbocycles. The van der Waals surface area contributed by atoms with E-state index in [2.05, 4.69) is 5.32 Å². The molecule has 21 heavy (non-hydrogen) atoms. The van der Waals surface area contributed by atoms with Crippen molar-refractivity contribution in [2.75, 3.05) is 31.9 Å². The quantitative estimate of drug-likeness (QED) is 0.779. The predicted octanol–water partition coefficient (Wildman–Crippen LogP) is 0.469. The second-order valence-corrected chi connectivity index (χ2v) is 5.29. The molecule has 114 valence electrons. The third kappa shape index (κ3) is 3.21. The van der Waals surface area contributed by atoms with E-state index < -0.39 is 0 Å². The van der Waals surface area contributed by atoms with Crippen molar-refractivity contribution >= 4 is 30.0 Å². The van der Waals surface area contributed by atoms with E-state index in [4.69, 9.17) is 5.73 Å². The number of amides is 3. The van der Waals surface area contributed by atoms with E-state index >= 15 is 0 Å². The van der Waals surface area contributed by atoms with Crippen LogP contribution in [0.4, 0.5) is 10.5 Å². The van der Waals surface area contributed by atoms with E-state index in [0.717, 1.165) is 5.56 Å². The first-order chi connectivity index (χ1) is 9.63. The van der Waals surface area contributed by atoms with Crippen molar-refractivity contribution in [2.24, 2.45) is 0 Å². The summed E-state index contributed by atoms with van der Waals surface area (Å²) in [6.07, 6.45) is 0.383. The Morgan fingerprint density at radius 3 is 2.71 bits per heavy atom. The van der Waals surface area contributed by atoms with Crippen LogP contribution in [-0.4, -0.2) is 54.0 Å². The van der Waals surface area contributed by atoms with Gasteiger partial charge in [0.2, 0.25) is 5.91 Å². The number of carbonyl (C=O) groups excluding carboxylic acids is 2. The molecule has 0 aliphatic carbocycles. The lowest BCUT2D eigenvalue weighted by Gasteiger charge is -2.36. The van der Waals surface area contributed by atoms with Gasteiger partial charge in [0.25, 0.3) is 0 Å². The lowest BCUT2D eigenvalue weighted by molar-refractivity contribution is -0.132. The molecule has 0 bridgehead atoms. The highest BCUT2D eigenvalue weighted by Crippen LogP contribution is 2.15. The maximum atomic E-state index is 12.3. The maximum Gasteiger partial charge on any atom is 0.317 e. The Morgan fingerprint density at radius 1 is 1.29 bits per heavy atom. The summed E-state index contributed by atoms with van der Waals surface area (Å²) in [6, 6.07) is 7.47. The number of nitrogens with one attached hydrogen (secondary N) is 1. The molecule has 3 amide bonds. The normalized spacial score (nSPS) is 20.6. The van der Waals surface area contributed by atoms with E-state index in [1.807, 2.05) is 21.9 Å².